The van der Waals surface area contributed by atoms with Crippen LogP contribution >= 0.6 is 11.6 Å². The summed E-state index contributed by atoms with van der Waals surface area (Å²) >= 11 is 6.19. The monoisotopic (exact) mass is 357 g/mol. The molecule has 3 rings (SSSR count). The Bertz CT molecular complexity index is 865. The van der Waals surface area contributed by atoms with Crippen molar-refractivity contribution in [2.45, 2.75) is 6.92 Å². The molecule has 0 aromatic heterocycles. The van der Waals surface area contributed by atoms with Crippen LogP contribution in [0.15, 0.2) is 47.5 Å². The van der Waals surface area contributed by atoms with Crippen molar-refractivity contribution in [2.75, 3.05) is 19.1 Å². The summed E-state index contributed by atoms with van der Waals surface area (Å²) in [5.41, 5.74) is 2.18. The number of hydrogen-bond donors (Lipinski definition) is 0. The lowest BCUT2D eigenvalue weighted by molar-refractivity contribution is -0.119. The van der Waals surface area contributed by atoms with Crippen molar-refractivity contribution in [1.29, 1.82) is 0 Å². The van der Waals surface area contributed by atoms with Gasteiger partial charge in [-0.2, -0.15) is 0 Å². The highest BCUT2D eigenvalue weighted by Gasteiger charge is 2.39. The Labute approximate surface area is 150 Å². The van der Waals surface area contributed by atoms with Gasteiger partial charge in [0.05, 0.1) is 25.5 Å². The van der Waals surface area contributed by atoms with E-state index in [1.807, 2.05) is 19.1 Å². The zero-order valence-corrected chi connectivity index (χ0v) is 14.8. The van der Waals surface area contributed by atoms with Crippen LogP contribution in [0.2, 0.25) is 0 Å². The molecule has 0 spiro atoms. The molecule has 2 aromatic rings. The number of methoxy groups -OCH3 is 2. The molecule has 5 nitrogen and oxygen atoms in total. The van der Waals surface area contributed by atoms with Crippen LogP contribution in [0.1, 0.15) is 11.1 Å². The Morgan fingerprint density at radius 1 is 0.880 bits per heavy atom. The van der Waals surface area contributed by atoms with Crippen molar-refractivity contribution in [3.63, 3.8) is 0 Å². The average Bonchev–Trinajstić information content (AvgIpc) is 2.84. The van der Waals surface area contributed by atoms with Crippen LogP contribution in [0.25, 0.3) is 5.57 Å². The molecule has 1 aliphatic rings. The maximum Gasteiger partial charge on any atom is 0.277 e. The van der Waals surface area contributed by atoms with Gasteiger partial charge in [0.15, 0.2) is 0 Å². The Kier molecular flexibility index (Phi) is 4.51. The first-order chi connectivity index (χ1) is 12.0. The molecule has 0 fully saturated rings. The normalized spacial score (nSPS) is 14.3. The van der Waals surface area contributed by atoms with Crippen molar-refractivity contribution in [3.8, 4) is 11.5 Å². The Morgan fingerprint density at radius 2 is 1.44 bits per heavy atom. The predicted octanol–water partition coefficient (Wildman–Crippen LogP) is 3.54. The molecule has 0 bridgehead atoms. The molecular formula is C19H16ClNO4. The Morgan fingerprint density at radius 3 is 1.96 bits per heavy atom. The Hall–Kier alpha value is -2.79. The van der Waals surface area contributed by atoms with Gasteiger partial charge in [-0.15, -0.1) is 0 Å². The second-order valence-electron chi connectivity index (χ2n) is 5.57. The fraction of sp³-hybridized carbons (Fsp3) is 0.158. The van der Waals surface area contributed by atoms with E-state index in [-0.39, 0.29) is 10.6 Å². The molecule has 0 saturated carbocycles. The van der Waals surface area contributed by atoms with Crippen molar-refractivity contribution in [2.24, 2.45) is 0 Å². The molecule has 2 aromatic carbocycles. The number of nitrogens with zero attached hydrogens (tertiary/aromatic N) is 1. The van der Waals surface area contributed by atoms with E-state index in [1.54, 1.807) is 30.3 Å². The number of benzene rings is 2. The van der Waals surface area contributed by atoms with Gasteiger partial charge in [-0.25, -0.2) is 4.90 Å². The van der Waals surface area contributed by atoms with Gasteiger partial charge in [0, 0.05) is 18.2 Å². The van der Waals surface area contributed by atoms with Crippen LogP contribution in [0.4, 0.5) is 5.69 Å². The predicted molar refractivity (Wildman–Crippen MR) is 96.0 cm³/mol. The third-order valence-electron chi connectivity index (χ3n) is 3.96. The average molecular weight is 358 g/mol. The van der Waals surface area contributed by atoms with Gasteiger partial charge in [0.2, 0.25) is 0 Å². The quantitative estimate of drug-likeness (QED) is 0.785. The summed E-state index contributed by atoms with van der Waals surface area (Å²) in [5.74, 6) is -0.114. The summed E-state index contributed by atoms with van der Waals surface area (Å²) in [6.07, 6.45) is 0. The molecule has 0 unspecified atom stereocenters. The minimum Gasteiger partial charge on any atom is -0.497 e. The number of anilines is 1. The molecular weight excluding hydrogens is 342 g/mol. The molecule has 0 aliphatic carbocycles. The molecule has 128 valence electrons. The second kappa shape index (κ2) is 6.61. The SMILES string of the molecule is COc1cc(OC)cc(N2C(=O)C(Cl)=C(c3ccc(C)cc3)C2=O)c1. The number of amides is 2. The third-order valence-corrected chi connectivity index (χ3v) is 4.31. The van der Waals surface area contributed by atoms with Crippen molar-refractivity contribution >= 4 is 34.7 Å². The van der Waals surface area contributed by atoms with Gasteiger partial charge in [-0.1, -0.05) is 41.4 Å². The maximum absolute atomic E-state index is 12.9. The minimum absolute atomic E-state index is 0.101. The minimum atomic E-state index is -0.572. The lowest BCUT2D eigenvalue weighted by Crippen LogP contribution is -2.31. The molecule has 1 heterocycles. The molecule has 25 heavy (non-hydrogen) atoms. The van der Waals surface area contributed by atoms with Gasteiger partial charge < -0.3 is 9.47 Å². The van der Waals surface area contributed by atoms with Crippen LogP contribution in [-0.4, -0.2) is 26.0 Å². The van der Waals surface area contributed by atoms with Crippen molar-refractivity contribution in [1.82, 2.24) is 0 Å². The first kappa shape index (κ1) is 17.0. The Balaban J connectivity index is 2.05. The number of imide groups is 1. The van der Waals surface area contributed by atoms with E-state index in [4.69, 9.17) is 21.1 Å². The number of aryl methyl sites for hydroxylation is 1. The molecule has 2 amide bonds. The lowest BCUT2D eigenvalue weighted by Gasteiger charge is -2.17. The van der Waals surface area contributed by atoms with Gasteiger partial charge >= 0.3 is 0 Å². The highest BCUT2D eigenvalue weighted by molar-refractivity contribution is 6.60. The third kappa shape index (κ3) is 2.98. The molecule has 0 radical (unpaired) electrons. The smallest absolute Gasteiger partial charge is 0.277 e. The summed E-state index contributed by atoms with van der Waals surface area (Å²) in [6.45, 7) is 1.94. The van der Waals surface area contributed by atoms with E-state index in [9.17, 15) is 9.59 Å². The number of rotatable bonds is 4. The standard InChI is InChI=1S/C19H16ClNO4/c1-11-4-6-12(7-5-11)16-17(20)19(23)21(18(16)22)13-8-14(24-2)10-15(9-13)25-3/h4-10H,1-3H3. The fourth-order valence-corrected chi connectivity index (χ4v) is 2.90. The van der Waals surface area contributed by atoms with E-state index < -0.39 is 11.8 Å². The second-order valence-corrected chi connectivity index (χ2v) is 5.95. The summed E-state index contributed by atoms with van der Waals surface area (Å²) in [5, 5.41) is -0.101. The number of hydrogen-bond acceptors (Lipinski definition) is 4. The fourth-order valence-electron chi connectivity index (χ4n) is 2.63. The van der Waals surface area contributed by atoms with E-state index in [2.05, 4.69) is 0 Å². The largest absolute Gasteiger partial charge is 0.497 e. The summed E-state index contributed by atoms with van der Waals surface area (Å²) < 4.78 is 10.4. The lowest BCUT2D eigenvalue weighted by atomic mass is 10.0. The number of ether oxygens (including phenoxy) is 2. The summed E-state index contributed by atoms with van der Waals surface area (Å²) in [7, 11) is 2.99. The topological polar surface area (TPSA) is 55.8 Å². The van der Waals surface area contributed by atoms with E-state index in [0.717, 1.165) is 10.5 Å². The number of carbonyl (C=O) groups is 2. The zero-order chi connectivity index (χ0) is 18.1. The van der Waals surface area contributed by atoms with Crippen LogP contribution < -0.4 is 14.4 Å². The first-order valence-electron chi connectivity index (χ1n) is 7.55. The van der Waals surface area contributed by atoms with Gasteiger partial charge in [0.1, 0.15) is 16.5 Å². The van der Waals surface area contributed by atoms with Crippen LogP contribution in [-0.2, 0) is 9.59 Å². The maximum atomic E-state index is 12.9. The summed E-state index contributed by atoms with van der Waals surface area (Å²) in [4.78, 5) is 26.5. The molecule has 1 aliphatic heterocycles. The van der Waals surface area contributed by atoms with Crippen LogP contribution in [0, 0.1) is 6.92 Å². The molecule has 0 N–H and O–H groups in total. The van der Waals surface area contributed by atoms with Crippen LogP contribution in [0.5, 0.6) is 11.5 Å². The number of carbonyl (C=O) groups excluding carboxylic acids is 2. The van der Waals surface area contributed by atoms with Gasteiger partial charge in [-0.3, -0.25) is 9.59 Å². The van der Waals surface area contributed by atoms with Gasteiger partial charge in [0.25, 0.3) is 11.8 Å². The molecule has 0 atom stereocenters. The van der Waals surface area contributed by atoms with Crippen LogP contribution in [0.3, 0.4) is 0 Å². The van der Waals surface area contributed by atoms with Crippen molar-refractivity contribution in [3.05, 3.63) is 58.6 Å². The zero-order valence-electron chi connectivity index (χ0n) is 14.0. The first-order valence-corrected chi connectivity index (χ1v) is 7.92. The van der Waals surface area contributed by atoms with E-state index in [1.165, 1.54) is 14.2 Å². The number of halogens is 1. The summed E-state index contributed by atoms with van der Waals surface area (Å²) in [6, 6.07) is 12.1. The van der Waals surface area contributed by atoms with Crippen molar-refractivity contribution < 1.29 is 19.1 Å². The highest BCUT2D eigenvalue weighted by Crippen LogP contribution is 2.37. The highest BCUT2D eigenvalue weighted by atomic mass is 35.5. The molecule has 0 saturated heterocycles. The van der Waals surface area contributed by atoms with E-state index in [0.29, 0.717) is 22.7 Å². The molecule has 6 heteroatoms. The van der Waals surface area contributed by atoms with E-state index >= 15 is 0 Å². The van der Waals surface area contributed by atoms with Gasteiger partial charge in [-0.05, 0) is 12.5 Å².